The summed E-state index contributed by atoms with van der Waals surface area (Å²) in [6, 6.07) is 10.9. The molecule has 0 fully saturated rings. The molecule has 0 aliphatic heterocycles. The van der Waals surface area contributed by atoms with Gasteiger partial charge in [-0.25, -0.2) is 4.79 Å². The first kappa shape index (κ1) is 18.5. The van der Waals surface area contributed by atoms with Crippen LogP contribution in [0.4, 0.5) is 5.69 Å². The molecule has 1 aromatic heterocycles. The average Bonchev–Trinajstić information content (AvgIpc) is 2.99. The van der Waals surface area contributed by atoms with Gasteiger partial charge in [0.05, 0.1) is 7.11 Å². The van der Waals surface area contributed by atoms with E-state index in [2.05, 4.69) is 5.32 Å². The summed E-state index contributed by atoms with van der Waals surface area (Å²) >= 11 is 0. The van der Waals surface area contributed by atoms with E-state index in [4.69, 9.17) is 13.9 Å². The van der Waals surface area contributed by atoms with E-state index >= 15 is 0 Å². The Morgan fingerprint density at radius 3 is 2.59 bits per heavy atom. The van der Waals surface area contributed by atoms with Crippen LogP contribution in [0.3, 0.4) is 0 Å². The topological polar surface area (TPSA) is 77.8 Å². The van der Waals surface area contributed by atoms with Crippen LogP contribution in [0, 0.1) is 20.8 Å². The summed E-state index contributed by atoms with van der Waals surface area (Å²) in [5.41, 5.74) is 3.93. The van der Waals surface area contributed by atoms with Crippen LogP contribution < -0.4 is 10.1 Å². The molecule has 140 valence electrons. The average molecular weight is 367 g/mol. The molecule has 0 aliphatic carbocycles. The van der Waals surface area contributed by atoms with Crippen molar-refractivity contribution in [1.82, 2.24) is 0 Å². The van der Waals surface area contributed by atoms with Gasteiger partial charge in [0.15, 0.2) is 6.61 Å². The van der Waals surface area contributed by atoms with Crippen molar-refractivity contribution in [2.24, 2.45) is 0 Å². The van der Waals surface area contributed by atoms with Gasteiger partial charge >= 0.3 is 5.97 Å². The SMILES string of the molecule is COc1ccc2oc(C(=O)OCC(=O)Nc3cccc(C)c3C)c(C)c2c1. The Kier molecular flexibility index (Phi) is 5.16. The number of nitrogens with one attached hydrogen (secondary N) is 1. The Morgan fingerprint density at radius 2 is 1.85 bits per heavy atom. The van der Waals surface area contributed by atoms with Crippen LogP contribution in [-0.2, 0) is 9.53 Å². The largest absolute Gasteiger partial charge is 0.497 e. The molecule has 0 radical (unpaired) electrons. The molecule has 6 nitrogen and oxygen atoms in total. The second kappa shape index (κ2) is 7.53. The highest BCUT2D eigenvalue weighted by Gasteiger charge is 2.20. The minimum Gasteiger partial charge on any atom is -0.497 e. The monoisotopic (exact) mass is 367 g/mol. The summed E-state index contributed by atoms with van der Waals surface area (Å²) in [7, 11) is 1.57. The van der Waals surface area contributed by atoms with E-state index in [0.29, 0.717) is 22.6 Å². The number of aryl methyl sites for hydroxylation is 2. The number of esters is 1. The zero-order valence-corrected chi connectivity index (χ0v) is 15.7. The first-order valence-electron chi connectivity index (χ1n) is 8.51. The van der Waals surface area contributed by atoms with Crippen LogP contribution in [-0.4, -0.2) is 25.6 Å². The molecular weight excluding hydrogens is 346 g/mol. The smallest absolute Gasteiger partial charge is 0.375 e. The summed E-state index contributed by atoms with van der Waals surface area (Å²) in [4.78, 5) is 24.5. The molecule has 3 rings (SSSR count). The molecule has 6 heteroatoms. The number of carbonyl (C=O) groups excluding carboxylic acids is 2. The predicted molar refractivity (Wildman–Crippen MR) is 102 cm³/mol. The molecule has 2 aromatic carbocycles. The zero-order valence-electron chi connectivity index (χ0n) is 15.7. The maximum Gasteiger partial charge on any atom is 0.375 e. The molecule has 1 heterocycles. The first-order chi connectivity index (χ1) is 12.9. The predicted octanol–water partition coefficient (Wildman–Crippen LogP) is 4.16. The maximum absolute atomic E-state index is 12.3. The minimum atomic E-state index is -0.682. The molecule has 0 unspecified atom stereocenters. The molecule has 1 amide bonds. The number of fused-ring (bicyclic) bond motifs is 1. The van der Waals surface area contributed by atoms with Crippen LogP contribution in [0.2, 0.25) is 0 Å². The molecule has 3 aromatic rings. The van der Waals surface area contributed by atoms with Crippen molar-refractivity contribution in [2.45, 2.75) is 20.8 Å². The van der Waals surface area contributed by atoms with Crippen LogP contribution in [0.15, 0.2) is 40.8 Å². The third kappa shape index (κ3) is 3.79. The van der Waals surface area contributed by atoms with Gasteiger partial charge in [-0.2, -0.15) is 0 Å². The van der Waals surface area contributed by atoms with Crippen LogP contribution in [0.5, 0.6) is 5.75 Å². The molecule has 0 spiro atoms. The summed E-state index contributed by atoms with van der Waals surface area (Å²) in [5.74, 6) is -0.344. The van der Waals surface area contributed by atoms with Crippen molar-refractivity contribution in [2.75, 3.05) is 19.0 Å². The maximum atomic E-state index is 12.3. The lowest BCUT2D eigenvalue weighted by molar-refractivity contribution is -0.119. The third-order valence-corrected chi connectivity index (χ3v) is 4.54. The van der Waals surface area contributed by atoms with Crippen molar-refractivity contribution in [1.29, 1.82) is 0 Å². The zero-order chi connectivity index (χ0) is 19.6. The number of anilines is 1. The van der Waals surface area contributed by atoms with E-state index in [9.17, 15) is 9.59 Å². The Hall–Kier alpha value is -3.28. The van der Waals surface area contributed by atoms with E-state index in [1.54, 1.807) is 38.3 Å². The number of benzene rings is 2. The Morgan fingerprint density at radius 1 is 1.07 bits per heavy atom. The second-order valence-corrected chi connectivity index (χ2v) is 6.29. The lowest BCUT2D eigenvalue weighted by Gasteiger charge is -2.10. The number of hydrogen-bond acceptors (Lipinski definition) is 5. The number of methoxy groups -OCH3 is 1. The standard InChI is InChI=1S/C21H21NO5/c1-12-6-5-7-17(13(12)2)22-19(23)11-26-21(24)20-14(3)16-10-15(25-4)8-9-18(16)27-20/h5-10H,11H2,1-4H3,(H,22,23). The van der Waals surface area contributed by atoms with E-state index in [1.807, 2.05) is 26.0 Å². The Labute approximate surface area is 157 Å². The van der Waals surface area contributed by atoms with E-state index in [0.717, 1.165) is 16.5 Å². The number of amides is 1. The highest BCUT2D eigenvalue weighted by molar-refractivity contribution is 5.98. The van der Waals surface area contributed by atoms with Crippen LogP contribution in [0.25, 0.3) is 11.0 Å². The van der Waals surface area contributed by atoms with Gasteiger partial charge in [-0.3, -0.25) is 4.79 Å². The van der Waals surface area contributed by atoms with Gasteiger partial charge in [0.2, 0.25) is 5.76 Å². The molecule has 0 bridgehead atoms. The normalized spacial score (nSPS) is 10.7. The van der Waals surface area contributed by atoms with Gasteiger partial charge in [0.25, 0.3) is 5.91 Å². The van der Waals surface area contributed by atoms with Gasteiger partial charge in [-0.1, -0.05) is 12.1 Å². The second-order valence-electron chi connectivity index (χ2n) is 6.29. The molecule has 0 aliphatic rings. The molecule has 0 atom stereocenters. The fraction of sp³-hybridized carbons (Fsp3) is 0.238. The fourth-order valence-electron chi connectivity index (χ4n) is 2.79. The van der Waals surface area contributed by atoms with Crippen molar-refractivity contribution in [3.8, 4) is 5.75 Å². The van der Waals surface area contributed by atoms with E-state index in [1.165, 1.54) is 0 Å². The molecule has 27 heavy (non-hydrogen) atoms. The Bertz CT molecular complexity index is 1020. The number of furan rings is 1. The number of rotatable bonds is 5. The molecule has 1 N–H and O–H groups in total. The first-order valence-corrected chi connectivity index (χ1v) is 8.51. The van der Waals surface area contributed by atoms with Crippen LogP contribution >= 0.6 is 0 Å². The molecular formula is C21H21NO5. The van der Waals surface area contributed by atoms with Crippen molar-refractivity contribution in [3.63, 3.8) is 0 Å². The molecule has 0 saturated heterocycles. The van der Waals surface area contributed by atoms with Gasteiger partial charge in [-0.15, -0.1) is 0 Å². The van der Waals surface area contributed by atoms with Crippen molar-refractivity contribution < 1.29 is 23.5 Å². The van der Waals surface area contributed by atoms with Gasteiger partial charge < -0.3 is 19.2 Å². The summed E-state index contributed by atoms with van der Waals surface area (Å²) < 4.78 is 15.9. The lowest BCUT2D eigenvalue weighted by Crippen LogP contribution is -2.21. The van der Waals surface area contributed by atoms with Gasteiger partial charge in [0.1, 0.15) is 11.3 Å². The van der Waals surface area contributed by atoms with Crippen molar-refractivity contribution >= 4 is 28.5 Å². The van der Waals surface area contributed by atoms with Crippen LogP contribution in [0.1, 0.15) is 27.2 Å². The Balaban J connectivity index is 1.68. The van der Waals surface area contributed by atoms with Crippen molar-refractivity contribution in [3.05, 3.63) is 58.8 Å². The van der Waals surface area contributed by atoms with Gasteiger partial charge in [0, 0.05) is 16.6 Å². The summed E-state index contributed by atoms with van der Waals surface area (Å²) in [6.07, 6.45) is 0. The quantitative estimate of drug-likeness (QED) is 0.685. The minimum absolute atomic E-state index is 0.0813. The van der Waals surface area contributed by atoms with E-state index < -0.39 is 18.5 Å². The summed E-state index contributed by atoms with van der Waals surface area (Å²) in [6.45, 7) is 5.25. The number of hydrogen-bond donors (Lipinski definition) is 1. The highest BCUT2D eigenvalue weighted by Crippen LogP contribution is 2.29. The third-order valence-electron chi connectivity index (χ3n) is 4.54. The number of ether oxygens (including phenoxy) is 2. The summed E-state index contributed by atoms with van der Waals surface area (Å²) in [5, 5.41) is 3.52. The van der Waals surface area contributed by atoms with E-state index in [-0.39, 0.29) is 5.76 Å². The lowest BCUT2D eigenvalue weighted by atomic mass is 10.1. The number of carbonyl (C=O) groups is 2. The highest BCUT2D eigenvalue weighted by atomic mass is 16.5. The van der Waals surface area contributed by atoms with Gasteiger partial charge in [-0.05, 0) is 56.2 Å². The fourth-order valence-corrected chi connectivity index (χ4v) is 2.79. The molecule has 0 saturated carbocycles.